The summed E-state index contributed by atoms with van der Waals surface area (Å²) in [5.74, 6) is 3.61. The number of carbonyl (C=O) groups is 1. The van der Waals surface area contributed by atoms with Gasteiger partial charge in [0.25, 0.3) is 0 Å². The lowest BCUT2D eigenvalue weighted by Gasteiger charge is -2.13. The van der Waals surface area contributed by atoms with E-state index < -0.39 is 0 Å². The lowest BCUT2D eigenvalue weighted by Crippen LogP contribution is -2.31. The summed E-state index contributed by atoms with van der Waals surface area (Å²) in [6.45, 7) is 2.31. The number of benzene rings is 1. The molecule has 1 unspecified atom stereocenters. The maximum atomic E-state index is 12.0. The van der Waals surface area contributed by atoms with Crippen molar-refractivity contribution in [1.82, 2.24) is 20.1 Å². The second kappa shape index (κ2) is 8.47. The van der Waals surface area contributed by atoms with Crippen molar-refractivity contribution in [3.05, 3.63) is 35.1 Å². The largest absolute Gasteiger partial charge is 0.484 e. The summed E-state index contributed by atoms with van der Waals surface area (Å²) in [6, 6.07) is 7.67. The van der Waals surface area contributed by atoms with Gasteiger partial charge in [-0.3, -0.25) is 9.36 Å². The lowest BCUT2D eigenvalue weighted by atomic mass is 10.3. The summed E-state index contributed by atoms with van der Waals surface area (Å²) >= 11 is 7.50. The smallest absolute Gasteiger partial charge is 0.234 e. The molecule has 0 bridgehead atoms. The highest BCUT2D eigenvalue weighted by Crippen LogP contribution is 2.39. The number of hydrogen-bond donors (Lipinski definition) is 1. The second-order valence-corrected chi connectivity index (χ2v) is 7.62. The number of hydrogen-bond acceptors (Lipinski definition) is 5. The first kappa shape index (κ1) is 18.6. The molecule has 2 aromatic rings. The second-order valence-electron chi connectivity index (χ2n) is 5.90. The number of ether oxygens (including phenoxy) is 1. The molecule has 0 spiro atoms. The van der Waals surface area contributed by atoms with Gasteiger partial charge in [-0.2, -0.15) is 0 Å². The molecule has 1 heterocycles. The molecule has 0 radical (unpaired) electrons. The first-order valence-corrected chi connectivity index (χ1v) is 9.55. The van der Waals surface area contributed by atoms with Crippen LogP contribution in [-0.2, 0) is 11.4 Å². The molecule has 1 aliphatic rings. The van der Waals surface area contributed by atoms with Crippen LogP contribution in [0.15, 0.2) is 29.4 Å². The molecular formula is C18H19ClN4O2S. The predicted molar refractivity (Wildman–Crippen MR) is 101 cm³/mol. The first-order chi connectivity index (χ1) is 12.6. The van der Waals surface area contributed by atoms with E-state index in [2.05, 4.69) is 26.0 Å². The van der Waals surface area contributed by atoms with E-state index in [0.717, 1.165) is 18.7 Å². The normalized spacial score (nSPS) is 14.5. The Kier molecular flexibility index (Phi) is 6.07. The number of rotatable bonds is 8. The molecule has 0 saturated heterocycles. The lowest BCUT2D eigenvalue weighted by molar-refractivity contribution is -0.120. The highest BCUT2D eigenvalue weighted by atomic mass is 35.5. The molecule has 1 atom stereocenters. The van der Waals surface area contributed by atoms with Crippen molar-refractivity contribution in [3.8, 4) is 18.1 Å². The van der Waals surface area contributed by atoms with Crippen LogP contribution in [0.4, 0.5) is 0 Å². The quantitative estimate of drug-likeness (QED) is 0.554. The van der Waals surface area contributed by atoms with E-state index in [1.54, 1.807) is 6.07 Å². The molecule has 136 valence electrons. The monoisotopic (exact) mass is 390 g/mol. The number of halogens is 1. The number of carbonyl (C=O) groups excluding carboxylic acids is 1. The Balaban J connectivity index is 1.70. The topological polar surface area (TPSA) is 69.0 Å². The van der Waals surface area contributed by atoms with Crippen molar-refractivity contribution in [2.24, 2.45) is 0 Å². The van der Waals surface area contributed by atoms with Crippen molar-refractivity contribution in [3.63, 3.8) is 0 Å². The molecule has 1 fully saturated rings. The van der Waals surface area contributed by atoms with E-state index in [1.807, 2.05) is 25.1 Å². The molecule has 8 heteroatoms. The zero-order chi connectivity index (χ0) is 18.5. The molecule has 1 amide bonds. The number of thioether (sulfide) groups is 1. The third kappa shape index (κ3) is 4.51. The highest BCUT2D eigenvalue weighted by Gasteiger charge is 2.31. The van der Waals surface area contributed by atoms with Crippen LogP contribution in [0.25, 0.3) is 0 Å². The van der Waals surface area contributed by atoms with Gasteiger partial charge in [0, 0.05) is 6.04 Å². The van der Waals surface area contributed by atoms with Crippen LogP contribution >= 0.6 is 23.4 Å². The van der Waals surface area contributed by atoms with Gasteiger partial charge in [-0.05, 0) is 31.9 Å². The average Bonchev–Trinajstić information content (AvgIpc) is 3.40. The third-order valence-corrected chi connectivity index (χ3v) is 5.23. The average molecular weight is 391 g/mol. The van der Waals surface area contributed by atoms with Crippen LogP contribution in [0.2, 0.25) is 5.02 Å². The Morgan fingerprint density at radius 1 is 1.50 bits per heavy atom. The van der Waals surface area contributed by atoms with Crippen LogP contribution in [0.1, 0.15) is 31.6 Å². The van der Waals surface area contributed by atoms with Crippen LogP contribution in [0.5, 0.6) is 5.75 Å². The Hall–Kier alpha value is -2.17. The van der Waals surface area contributed by atoms with Gasteiger partial charge < -0.3 is 10.1 Å². The minimum absolute atomic E-state index is 0.118. The molecule has 0 aliphatic heterocycles. The van der Waals surface area contributed by atoms with Crippen molar-refractivity contribution in [2.45, 2.75) is 42.8 Å². The van der Waals surface area contributed by atoms with Crippen molar-refractivity contribution >= 4 is 29.3 Å². The number of amides is 1. The standard InChI is InChI=1S/C18H19ClN4O2S/c1-3-10-20-17(24)12(2)26-18-22-21-16(23(18)13-8-9-13)11-25-15-7-5-4-6-14(15)19/h1,4-7,12-13H,8-11H2,2H3,(H,20,24). The van der Waals surface area contributed by atoms with Crippen molar-refractivity contribution < 1.29 is 9.53 Å². The molecule has 1 aromatic carbocycles. The minimum Gasteiger partial charge on any atom is -0.484 e. The summed E-state index contributed by atoms with van der Waals surface area (Å²) in [4.78, 5) is 12.0. The Morgan fingerprint density at radius 2 is 2.27 bits per heavy atom. The number of terminal acetylenes is 1. The molecule has 1 N–H and O–H groups in total. The molecule has 1 saturated carbocycles. The SMILES string of the molecule is C#CCNC(=O)C(C)Sc1nnc(COc2ccccc2Cl)n1C1CC1. The van der Waals surface area contributed by atoms with Crippen LogP contribution < -0.4 is 10.1 Å². The zero-order valence-electron chi connectivity index (χ0n) is 14.3. The summed E-state index contributed by atoms with van der Waals surface area (Å²) < 4.78 is 7.86. The van der Waals surface area contributed by atoms with Gasteiger partial charge in [-0.15, -0.1) is 16.6 Å². The summed E-state index contributed by atoms with van der Waals surface area (Å²) in [6.07, 6.45) is 7.32. The first-order valence-electron chi connectivity index (χ1n) is 8.29. The molecule has 3 rings (SSSR count). The Bertz CT molecular complexity index is 829. The summed E-state index contributed by atoms with van der Waals surface area (Å²) in [5, 5.41) is 12.2. The maximum Gasteiger partial charge on any atom is 0.234 e. The van der Waals surface area contributed by atoms with Gasteiger partial charge in [-0.1, -0.05) is 41.4 Å². The van der Waals surface area contributed by atoms with E-state index >= 15 is 0 Å². The fourth-order valence-electron chi connectivity index (χ4n) is 2.38. The van der Waals surface area contributed by atoms with Gasteiger partial charge in [0.1, 0.15) is 12.4 Å². The van der Waals surface area contributed by atoms with Crippen molar-refractivity contribution in [1.29, 1.82) is 0 Å². The maximum absolute atomic E-state index is 12.0. The van der Waals surface area contributed by atoms with Crippen LogP contribution in [0, 0.1) is 12.3 Å². The molecule has 26 heavy (non-hydrogen) atoms. The van der Waals surface area contributed by atoms with E-state index in [-0.39, 0.29) is 24.3 Å². The van der Waals surface area contributed by atoms with Gasteiger partial charge in [-0.25, -0.2) is 0 Å². The summed E-state index contributed by atoms with van der Waals surface area (Å²) in [5.41, 5.74) is 0. The van der Waals surface area contributed by atoms with Crippen LogP contribution in [0.3, 0.4) is 0 Å². The van der Waals surface area contributed by atoms with E-state index in [0.29, 0.717) is 22.0 Å². The Labute approximate surface area is 161 Å². The Morgan fingerprint density at radius 3 is 2.96 bits per heavy atom. The molecule has 1 aromatic heterocycles. The zero-order valence-corrected chi connectivity index (χ0v) is 15.9. The summed E-state index contributed by atoms with van der Waals surface area (Å²) in [7, 11) is 0. The van der Waals surface area contributed by atoms with Crippen molar-refractivity contribution in [2.75, 3.05) is 6.54 Å². The number of nitrogens with one attached hydrogen (secondary N) is 1. The molecular weight excluding hydrogens is 372 g/mol. The van der Waals surface area contributed by atoms with Gasteiger partial charge >= 0.3 is 0 Å². The van der Waals surface area contributed by atoms with E-state index in [1.165, 1.54) is 11.8 Å². The highest BCUT2D eigenvalue weighted by molar-refractivity contribution is 8.00. The van der Waals surface area contributed by atoms with E-state index in [9.17, 15) is 4.79 Å². The van der Waals surface area contributed by atoms with Crippen LogP contribution in [-0.4, -0.2) is 32.5 Å². The molecule has 1 aliphatic carbocycles. The number of para-hydroxylation sites is 1. The van der Waals surface area contributed by atoms with Gasteiger partial charge in [0.2, 0.25) is 5.91 Å². The van der Waals surface area contributed by atoms with Gasteiger partial charge in [0.15, 0.2) is 11.0 Å². The minimum atomic E-state index is -0.317. The number of nitrogens with zero attached hydrogens (tertiary/aromatic N) is 3. The van der Waals surface area contributed by atoms with E-state index in [4.69, 9.17) is 22.8 Å². The fraction of sp³-hybridized carbons (Fsp3) is 0.389. The molecule has 6 nitrogen and oxygen atoms in total. The number of aromatic nitrogens is 3. The predicted octanol–water partition coefficient (Wildman–Crippen LogP) is 3.08. The third-order valence-electron chi connectivity index (χ3n) is 3.86. The van der Waals surface area contributed by atoms with Gasteiger partial charge in [0.05, 0.1) is 16.8 Å². The fourth-order valence-corrected chi connectivity index (χ4v) is 3.54.